The molecule has 1 aliphatic rings. The number of carbonyl (C=O) groups excluding carboxylic acids is 1. The first-order chi connectivity index (χ1) is 8.06. The molecular formula is C12H14INO3. The first kappa shape index (κ1) is 12.6. The summed E-state index contributed by atoms with van der Waals surface area (Å²) in [5.41, 5.74) is 0.461. The molecule has 1 amide bonds. The Labute approximate surface area is 113 Å². The molecule has 0 radical (unpaired) electrons. The van der Waals surface area contributed by atoms with Gasteiger partial charge >= 0.3 is 0 Å². The molecule has 17 heavy (non-hydrogen) atoms. The van der Waals surface area contributed by atoms with Crippen molar-refractivity contribution in [2.45, 2.75) is 18.9 Å². The van der Waals surface area contributed by atoms with Crippen LogP contribution in [-0.4, -0.2) is 28.8 Å². The SMILES string of the molecule is O=C(NCC1CC(O)C1)c1ccc(I)c(O)c1. The first-order valence-electron chi connectivity index (χ1n) is 5.51. The van der Waals surface area contributed by atoms with Gasteiger partial charge in [0.15, 0.2) is 0 Å². The van der Waals surface area contributed by atoms with Gasteiger partial charge in [0, 0.05) is 12.1 Å². The number of carbonyl (C=O) groups is 1. The maximum Gasteiger partial charge on any atom is 0.251 e. The lowest BCUT2D eigenvalue weighted by Crippen LogP contribution is -2.38. The molecule has 0 unspecified atom stereocenters. The van der Waals surface area contributed by atoms with E-state index in [1.165, 1.54) is 6.07 Å². The number of aliphatic hydroxyl groups is 1. The minimum absolute atomic E-state index is 0.123. The lowest BCUT2D eigenvalue weighted by Gasteiger charge is -2.31. The van der Waals surface area contributed by atoms with Gasteiger partial charge in [-0.3, -0.25) is 4.79 Å². The number of aliphatic hydroxyl groups excluding tert-OH is 1. The Bertz CT molecular complexity index is 430. The van der Waals surface area contributed by atoms with Crippen LogP contribution >= 0.6 is 22.6 Å². The van der Waals surface area contributed by atoms with Crippen LogP contribution < -0.4 is 5.32 Å². The van der Waals surface area contributed by atoms with E-state index < -0.39 is 0 Å². The monoisotopic (exact) mass is 347 g/mol. The highest BCUT2D eigenvalue weighted by Gasteiger charge is 2.27. The van der Waals surface area contributed by atoms with Crippen molar-refractivity contribution >= 4 is 28.5 Å². The van der Waals surface area contributed by atoms with Crippen LogP contribution in [0.4, 0.5) is 0 Å². The van der Waals surface area contributed by atoms with Crippen LogP contribution in [-0.2, 0) is 0 Å². The fourth-order valence-corrected chi connectivity index (χ4v) is 2.20. The minimum atomic E-state index is -0.195. The smallest absolute Gasteiger partial charge is 0.251 e. The van der Waals surface area contributed by atoms with Gasteiger partial charge in [0.25, 0.3) is 5.91 Å². The molecule has 0 heterocycles. The van der Waals surface area contributed by atoms with Crippen LogP contribution in [0.3, 0.4) is 0 Å². The van der Waals surface area contributed by atoms with Crippen LogP contribution in [0, 0.1) is 9.49 Å². The van der Waals surface area contributed by atoms with E-state index in [1.54, 1.807) is 12.1 Å². The maximum absolute atomic E-state index is 11.7. The number of amides is 1. The average molecular weight is 347 g/mol. The van der Waals surface area contributed by atoms with E-state index in [1.807, 2.05) is 22.6 Å². The van der Waals surface area contributed by atoms with Crippen molar-refractivity contribution in [3.05, 3.63) is 27.3 Å². The van der Waals surface area contributed by atoms with Crippen molar-refractivity contribution in [1.82, 2.24) is 5.32 Å². The summed E-state index contributed by atoms with van der Waals surface area (Å²) in [6, 6.07) is 4.86. The molecule has 2 rings (SSSR count). The molecule has 0 saturated heterocycles. The Morgan fingerprint density at radius 2 is 2.18 bits per heavy atom. The van der Waals surface area contributed by atoms with E-state index in [0.717, 1.165) is 16.4 Å². The van der Waals surface area contributed by atoms with Gasteiger partial charge in [-0.25, -0.2) is 0 Å². The number of phenols is 1. The predicted octanol–water partition coefficient (Wildman–Crippen LogP) is 1.50. The number of benzene rings is 1. The number of rotatable bonds is 3. The van der Waals surface area contributed by atoms with Gasteiger partial charge in [-0.2, -0.15) is 0 Å². The molecule has 1 aromatic carbocycles. The summed E-state index contributed by atoms with van der Waals surface area (Å²) < 4.78 is 0.723. The average Bonchev–Trinajstić information content (AvgIpc) is 2.26. The predicted molar refractivity (Wildman–Crippen MR) is 71.9 cm³/mol. The Morgan fingerprint density at radius 3 is 2.76 bits per heavy atom. The second-order valence-electron chi connectivity index (χ2n) is 4.37. The summed E-state index contributed by atoms with van der Waals surface area (Å²) in [5, 5.41) is 21.4. The van der Waals surface area contributed by atoms with Crippen molar-refractivity contribution in [3.63, 3.8) is 0 Å². The van der Waals surface area contributed by atoms with Crippen LogP contribution in [0.25, 0.3) is 0 Å². The van der Waals surface area contributed by atoms with Crippen molar-refractivity contribution in [2.24, 2.45) is 5.92 Å². The summed E-state index contributed by atoms with van der Waals surface area (Å²) in [4.78, 5) is 11.7. The molecule has 92 valence electrons. The highest BCUT2D eigenvalue weighted by Crippen LogP contribution is 2.26. The van der Waals surface area contributed by atoms with Crippen molar-refractivity contribution in [1.29, 1.82) is 0 Å². The third kappa shape index (κ3) is 3.10. The number of nitrogens with one attached hydrogen (secondary N) is 1. The molecule has 1 saturated carbocycles. The van der Waals surface area contributed by atoms with E-state index >= 15 is 0 Å². The summed E-state index contributed by atoms with van der Waals surface area (Å²) in [7, 11) is 0. The molecule has 4 nitrogen and oxygen atoms in total. The topological polar surface area (TPSA) is 69.6 Å². The molecule has 0 aromatic heterocycles. The second kappa shape index (κ2) is 5.22. The second-order valence-corrected chi connectivity index (χ2v) is 5.53. The molecule has 0 atom stereocenters. The summed E-state index contributed by atoms with van der Waals surface area (Å²) in [6.07, 6.45) is 1.33. The van der Waals surface area contributed by atoms with E-state index in [2.05, 4.69) is 5.32 Å². The van der Waals surface area contributed by atoms with E-state index in [-0.39, 0.29) is 17.8 Å². The van der Waals surface area contributed by atoms with Gasteiger partial charge in [0.1, 0.15) is 5.75 Å². The van der Waals surface area contributed by atoms with Crippen LogP contribution in [0.5, 0.6) is 5.75 Å². The van der Waals surface area contributed by atoms with Gasteiger partial charge in [-0.15, -0.1) is 0 Å². The third-order valence-corrected chi connectivity index (χ3v) is 3.88. The van der Waals surface area contributed by atoms with Gasteiger partial charge in [0.05, 0.1) is 9.67 Å². The highest BCUT2D eigenvalue weighted by atomic mass is 127. The molecule has 0 bridgehead atoms. The van der Waals surface area contributed by atoms with Crippen molar-refractivity contribution in [3.8, 4) is 5.75 Å². The fraction of sp³-hybridized carbons (Fsp3) is 0.417. The molecule has 5 heteroatoms. The number of phenolic OH excluding ortho intramolecular Hbond substituents is 1. The molecule has 0 aliphatic heterocycles. The first-order valence-corrected chi connectivity index (χ1v) is 6.59. The normalized spacial score (nSPS) is 22.9. The Balaban J connectivity index is 1.88. The van der Waals surface area contributed by atoms with Crippen LogP contribution in [0.2, 0.25) is 0 Å². The zero-order valence-corrected chi connectivity index (χ0v) is 11.3. The lowest BCUT2D eigenvalue weighted by molar-refractivity contribution is 0.0420. The molecule has 3 N–H and O–H groups in total. The van der Waals surface area contributed by atoms with Gasteiger partial charge in [-0.05, 0) is 59.5 Å². The Hall–Kier alpha value is -0.820. The quantitative estimate of drug-likeness (QED) is 0.726. The maximum atomic E-state index is 11.7. The summed E-state index contributed by atoms with van der Waals surface area (Å²) >= 11 is 2.00. The summed E-state index contributed by atoms with van der Waals surface area (Å²) in [6.45, 7) is 0.586. The molecular weight excluding hydrogens is 333 g/mol. The fourth-order valence-electron chi connectivity index (χ4n) is 1.86. The number of hydrogen-bond acceptors (Lipinski definition) is 3. The molecule has 0 spiro atoms. The van der Waals surface area contributed by atoms with Crippen molar-refractivity contribution < 1.29 is 15.0 Å². The third-order valence-electron chi connectivity index (χ3n) is 2.97. The Kier molecular flexibility index (Phi) is 3.88. The Morgan fingerprint density at radius 1 is 1.47 bits per heavy atom. The van der Waals surface area contributed by atoms with Gasteiger partial charge in [0.2, 0.25) is 0 Å². The lowest BCUT2D eigenvalue weighted by atomic mass is 9.82. The number of aromatic hydroxyl groups is 1. The highest BCUT2D eigenvalue weighted by molar-refractivity contribution is 14.1. The minimum Gasteiger partial charge on any atom is -0.507 e. The number of halogens is 1. The van der Waals surface area contributed by atoms with Crippen LogP contribution in [0.1, 0.15) is 23.2 Å². The van der Waals surface area contributed by atoms with Gasteiger partial charge in [-0.1, -0.05) is 0 Å². The molecule has 1 aromatic rings. The van der Waals surface area contributed by atoms with E-state index in [0.29, 0.717) is 18.0 Å². The van der Waals surface area contributed by atoms with Crippen LogP contribution in [0.15, 0.2) is 18.2 Å². The molecule has 1 aliphatic carbocycles. The van der Waals surface area contributed by atoms with E-state index in [4.69, 9.17) is 5.11 Å². The van der Waals surface area contributed by atoms with E-state index in [9.17, 15) is 9.90 Å². The zero-order valence-electron chi connectivity index (χ0n) is 9.19. The zero-order chi connectivity index (χ0) is 12.4. The van der Waals surface area contributed by atoms with Gasteiger partial charge < -0.3 is 15.5 Å². The number of hydrogen-bond donors (Lipinski definition) is 3. The van der Waals surface area contributed by atoms with Crippen molar-refractivity contribution in [2.75, 3.05) is 6.54 Å². The largest absolute Gasteiger partial charge is 0.507 e. The molecule has 1 fully saturated rings. The standard InChI is InChI=1S/C12H14INO3/c13-10-2-1-8(5-11(10)16)12(17)14-6-7-3-9(15)4-7/h1-2,5,7,9,15-16H,3-4,6H2,(H,14,17). The summed E-state index contributed by atoms with van der Waals surface area (Å²) in [5.74, 6) is 0.321.